The molecule has 10 aromatic rings. The summed E-state index contributed by atoms with van der Waals surface area (Å²) in [5.41, 5.74) is 26.6. The molecule has 1 spiro atoms. The Morgan fingerprint density at radius 3 is 1.63 bits per heavy atom. The number of nitro benzene ring substituents is 1. The van der Waals surface area contributed by atoms with Crippen LogP contribution in [-0.2, 0) is 40.6 Å². The molecule has 2 aliphatic heterocycles. The van der Waals surface area contributed by atoms with Crippen molar-refractivity contribution in [1.82, 2.24) is 10.2 Å². The largest absolute Gasteiger partial charge is 0.519 e. The van der Waals surface area contributed by atoms with E-state index in [4.69, 9.17) is 57.8 Å². The number of anilines is 1. The number of fused-ring (bicyclic) bond motifs is 12. The maximum absolute atomic E-state index is 13.4. The van der Waals surface area contributed by atoms with E-state index in [9.17, 15) is 39.5 Å². The van der Waals surface area contributed by atoms with Gasteiger partial charge in [0.05, 0.1) is 10.5 Å². The third-order valence-electron chi connectivity index (χ3n) is 18.5. The third kappa shape index (κ3) is 21.3. The minimum atomic E-state index is -1.35. The van der Waals surface area contributed by atoms with Crippen LogP contribution in [0.4, 0.5) is 16.2 Å². The summed E-state index contributed by atoms with van der Waals surface area (Å²) >= 11 is 5.53. The van der Waals surface area contributed by atoms with Gasteiger partial charge in [-0.2, -0.15) is 0 Å². The van der Waals surface area contributed by atoms with Gasteiger partial charge in [-0.05, 0) is 177 Å². The lowest BCUT2D eigenvalue weighted by atomic mass is 9.77. The third-order valence-corrected chi connectivity index (χ3v) is 18.8. The first-order valence-electron chi connectivity index (χ1n) is 37.1. The van der Waals surface area contributed by atoms with Gasteiger partial charge >= 0.3 is 24.1 Å². The Balaban J connectivity index is 0.000000184. The first kappa shape index (κ1) is 83.8. The fourth-order valence-corrected chi connectivity index (χ4v) is 13.0. The smallest absolute Gasteiger partial charge is 0.508 e. The van der Waals surface area contributed by atoms with E-state index < -0.39 is 28.8 Å². The van der Waals surface area contributed by atoms with Crippen molar-refractivity contribution in [2.45, 2.75) is 72.0 Å². The highest BCUT2D eigenvalue weighted by Crippen LogP contribution is 2.57. The number of thiocarbonyl (C=S) groups is 1. The highest BCUT2D eigenvalue weighted by molar-refractivity contribution is 7.80. The molecule has 5 aliphatic rings. The summed E-state index contributed by atoms with van der Waals surface area (Å²) in [6.07, 6.45) is 4.34. The average molecular weight is 1560 g/mol. The molecule has 0 saturated heterocycles. The number of hydrogen-bond donors (Lipinski definition) is 7. The molecular weight excluding hydrogens is 1470 g/mol. The summed E-state index contributed by atoms with van der Waals surface area (Å²) in [6, 6.07) is 65.7. The SMILES string of the molecule is C.CCN(CC)CC.NCCCC(=O)O/C1=C/c2ccccc2C#Cc2ccccc21.NCCN.O=C(CCCNC(=S)Nc1ccc2c(c1)C(=O)OC21c2ccc(O)cc2Oc2cc(O)ccc21)OC1Cc2ccccc2C#Cc2ccccc21.O=C(O/C1=C/c2ccccc2C#Cc2ccccc21)Oc1ccc([N+](=O)[O-])cc1. The second-order valence-corrected chi connectivity index (χ2v) is 26.4. The predicted octanol–water partition coefficient (Wildman–Crippen LogP) is 16.1. The van der Waals surface area contributed by atoms with Crippen molar-refractivity contribution in [3.63, 3.8) is 0 Å². The lowest BCUT2D eigenvalue weighted by Gasteiger charge is -2.36. The Labute approximate surface area is 673 Å². The van der Waals surface area contributed by atoms with Crippen molar-refractivity contribution >= 4 is 76.4 Å². The second-order valence-electron chi connectivity index (χ2n) is 26.0. The average Bonchev–Trinajstić information content (AvgIpc) is 1.64. The Bertz CT molecular complexity index is 5450. The lowest BCUT2D eigenvalue weighted by Crippen LogP contribution is -2.33. The number of hydrogen-bond acceptors (Lipinski definition) is 19. The molecule has 2 heterocycles. The highest BCUT2D eigenvalue weighted by atomic mass is 32.1. The minimum Gasteiger partial charge on any atom is -0.508 e. The Morgan fingerprint density at radius 1 is 0.565 bits per heavy atom. The summed E-state index contributed by atoms with van der Waals surface area (Å²) < 4.78 is 34.4. The molecule has 0 fully saturated rings. The predicted molar refractivity (Wildman–Crippen MR) is 449 cm³/mol. The Hall–Kier alpha value is -13.6. The molecule has 21 nitrogen and oxygen atoms in total. The number of ether oxygens (including phenoxy) is 6. The van der Waals surface area contributed by atoms with Gasteiger partial charge in [0.15, 0.2) is 10.7 Å². The van der Waals surface area contributed by atoms with Crippen molar-refractivity contribution in [3.05, 3.63) is 324 Å². The number of carbonyl (C=O) groups is 4. The van der Waals surface area contributed by atoms with Gasteiger partial charge < -0.3 is 71.4 Å². The number of nitro groups is 1. The van der Waals surface area contributed by atoms with Gasteiger partial charge in [0.1, 0.15) is 46.4 Å². The number of phenolic OH excluding ortho intramolecular Hbond substituents is 2. The Kier molecular flexibility index (Phi) is 29.5. The van der Waals surface area contributed by atoms with Crippen molar-refractivity contribution in [3.8, 4) is 64.3 Å². The fourth-order valence-electron chi connectivity index (χ4n) is 12.8. The van der Waals surface area contributed by atoms with Crippen molar-refractivity contribution in [2.24, 2.45) is 17.2 Å². The number of nitrogens with zero attached hydrogens (tertiary/aromatic N) is 2. The quantitative estimate of drug-likeness (QED) is 0.00651. The molecule has 0 radical (unpaired) electrons. The summed E-state index contributed by atoms with van der Waals surface area (Å²) in [5, 5.41) is 37.6. The van der Waals surface area contributed by atoms with Crippen LogP contribution in [0, 0.1) is 45.6 Å². The van der Waals surface area contributed by atoms with E-state index in [-0.39, 0.29) is 48.7 Å². The van der Waals surface area contributed by atoms with Gasteiger partial charge in [-0.25, -0.2) is 9.59 Å². The normalized spacial score (nSPS) is 13.9. The Morgan fingerprint density at radius 2 is 1.06 bits per heavy atom. The molecule has 0 bridgehead atoms. The van der Waals surface area contributed by atoms with Crippen LogP contribution in [0.15, 0.2) is 224 Å². The van der Waals surface area contributed by atoms with Crippen LogP contribution >= 0.6 is 12.2 Å². The number of non-ortho nitro benzene ring substituents is 1. The molecular formula is C93H87N7O14S. The van der Waals surface area contributed by atoms with Crippen LogP contribution < -0.4 is 37.3 Å². The van der Waals surface area contributed by atoms with Crippen LogP contribution in [0.2, 0.25) is 0 Å². The van der Waals surface area contributed by atoms with E-state index in [1.54, 1.807) is 36.4 Å². The van der Waals surface area contributed by atoms with E-state index in [0.29, 0.717) is 113 Å². The molecule has 115 heavy (non-hydrogen) atoms. The van der Waals surface area contributed by atoms with Crippen molar-refractivity contribution in [1.29, 1.82) is 0 Å². The molecule has 15 rings (SSSR count). The number of nitrogens with one attached hydrogen (secondary N) is 2. The number of aromatic hydroxyl groups is 2. The number of phenols is 2. The zero-order valence-electron chi connectivity index (χ0n) is 62.9. The molecule has 0 saturated carbocycles. The number of esters is 3. The molecule has 584 valence electrons. The summed E-state index contributed by atoms with van der Waals surface area (Å²) in [6.45, 7) is 12.2. The van der Waals surface area contributed by atoms with Crippen LogP contribution in [0.3, 0.4) is 0 Å². The van der Waals surface area contributed by atoms with Gasteiger partial charge in [-0.15, -0.1) is 0 Å². The molecule has 1 atom stereocenters. The zero-order valence-corrected chi connectivity index (χ0v) is 63.7. The van der Waals surface area contributed by atoms with E-state index >= 15 is 0 Å². The first-order chi connectivity index (χ1) is 55.4. The summed E-state index contributed by atoms with van der Waals surface area (Å²) in [7, 11) is 0. The maximum Gasteiger partial charge on any atom is 0.519 e. The second kappa shape index (κ2) is 40.5. The van der Waals surface area contributed by atoms with E-state index in [1.807, 2.05) is 152 Å². The van der Waals surface area contributed by atoms with Gasteiger partial charge in [0.25, 0.3) is 5.69 Å². The molecule has 10 N–H and O–H groups in total. The lowest BCUT2D eigenvalue weighted by molar-refractivity contribution is -0.384. The van der Waals surface area contributed by atoms with Gasteiger partial charge in [-0.1, -0.05) is 167 Å². The monoisotopic (exact) mass is 1560 g/mol. The standard InChI is InChI=1S/C41H30N2O7S.C23H13NO5.C20H17NO2.C6H15N.C2H8N2.CH4/c44-28-14-17-33-36(22-28)48-37-23-29(45)15-18-34(37)41(33)32-16-13-27(21-31(32)39(47)50-41)43-40(51)42-19-5-10-38(46)49-35-20-26-8-2-1-6-24(26)11-12-25-7-3-4-9-30(25)35;25-23(28-20-13-11-19(12-14-20)24(26)27)29-22-15-18-7-2-1-5-16(18)9-10-17-6-3-4-8-21(17)22;21-13-5-10-20(22)23-19-14-17-8-2-1-6-15(17)11-12-16-7-3-4-9-18(16)19;1-4-7(5-2)6-3;3-1-2-4;/h1-4,6-9,13-18,21-23,35,44-45H,5,10,19-20H2,(H2,42,43,51);1-8,11-15H;1-4,6-9,14H,5,10,13,21H2;4-6H2,1-3H3;1-4H2;1H4/b;18-15?,22-15+,22-21?;17-14?,19-14+,19-18?;;;. The minimum absolute atomic E-state index is 0. The maximum atomic E-state index is 13.4. The molecule has 22 heteroatoms. The number of nitrogens with two attached hydrogens (primary N) is 3. The first-order valence-corrected chi connectivity index (χ1v) is 37.5. The summed E-state index contributed by atoms with van der Waals surface area (Å²) in [5.74, 6) is 19.5. The number of benzene rings is 10. The van der Waals surface area contributed by atoms with Crippen molar-refractivity contribution < 1.29 is 62.7 Å². The van der Waals surface area contributed by atoms with Gasteiger partial charge in [-0.3, -0.25) is 19.7 Å². The zero-order chi connectivity index (χ0) is 80.5. The molecule has 1 unspecified atom stereocenters. The molecule has 10 aromatic carbocycles. The van der Waals surface area contributed by atoms with Gasteiger partial charge in [0.2, 0.25) is 0 Å². The van der Waals surface area contributed by atoms with Crippen LogP contribution in [0.25, 0.3) is 23.7 Å². The van der Waals surface area contributed by atoms with E-state index in [1.165, 1.54) is 68.2 Å². The number of carbonyl (C=O) groups excluding carboxylic acids is 4. The van der Waals surface area contributed by atoms with E-state index in [2.05, 4.69) is 71.8 Å². The topological polar surface area (TPSA) is 313 Å². The van der Waals surface area contributed by atoms with E-state index in [0.717, 1.165) is 61.2 Å². The molecule has 0 aromatic heterocycles. The summed E-state index contributed by atoms with van der Waals surface area (Å²) in [4.78, 5) is 63.4. The van der Waals surface area contributed by atoms with Crippen LogP contribution in [0.5, 0.6) is 28.7 Å². The van der Waals surface area contributed by atoms with Gasteiger partial charge in [0, 0.05) is 136 Å². The van der Waals surface area contributed by atoms with Crippen molar-refractivity contribution in [2.75, 3.05) is 51.1 Å². The molecule has 0 amide bonds. The highest BCUT2D eigenvalue weighted by Gasteiger charge is 2.54. The van der Waals surface area contributed by atoms with Crippen LogP contribution in [-0.4, -0.2) is 95.0 Å². The fraction of sp³-hybridized carbons (Fsp3) is 0.194. The number of rotatable bonds is 17. The van der Waals surface area contributed by atoms with Crippen LogP contribution in [0.1, 0.15) is 154 Å². The molecule has 3 aliphatic carbocycles.